The highest BCUT2D eigenvalue weighted by molar-refractivity contribution is 6.05. The Morgan fingerprint density at radius 2 is 1.83 bits per heavy atom. The number of phenols is 1. The number of hydrogen-bond donors (Lipinski definition) is 2. The van der Waals surface area contributed by atoms with Gasteiger partial charge in [-0.3, -0.25) is 0 Å². The highest BCUT2D eigenvalue weighted by Crippen LogP contribution is 2.30. The molecule has 0 atom stereocenters. The summed E-state index contributed by atoms with van der Waals surface area (Å²) in [6.07, 6.45) is 2.37. The van der Waals surface area contributed by atoms with Crippen molar-refractivity contribution in [3.05, 3.63) is 60.4 Å². The van der Waals surface area contributed by atoms with Crippen molar-refractivity contribution >= 4 is 27.9 Å². The number of rotatable bonds is 4. The normalized spacial score (nSPS) is 11.1. The molecule has 0 spiro atoms. The smallest absolute Gasteiger partial charge is 0.196 e. The second-order valence-electron chi connectivity index (χ2n) is 5.34. The Bertz CT molecular complexity index is 961. The van der Waals surface area contributed by atoms with Crippen molar-refractivity contribution in [1.29, 1.82) is 0 Å². The van der Waals surface area contributed by atoms with Crippen LogP contribution in [0.3, 0.4) is 0 Å². The lowest BCUT2D eigenvalue weighted by atomic mass is 10.1. The first-order chi connectivity index (χ1) is 11.3. The number of furan rings is 1. The molecule has 0 radical (unpaired) electrons. The number of aromatic hydroxyl groups is 1. The van der Waals surface area contributed by atoms with Gasteiger partial charge in [0.1, 0.15) is 23.2 Å². The maximum Gasteiger partial charge on any atom is 0.196 e. The molecule has 4 aromatic rings. The molecule has 5 nitrogen and oxygen atoms in total. The fourth-order valence-electron chi connectivity index (χ4n) is 2.64. The third kappa shape index (κ3) is 2.57. The Labute approximate surface area is 132 Å². The third-order valence-corrected chi connectivity index (χ3v) is 3.80. The first-order valence-corrected chi connectivity index (χ1v) is 7.45. The molecule has 0 saturated heterocycles. The molecule has 0 amide bonds. The van der Waals surface area contributed by atoms with Gasteiger partial charge in [-0.05, 0) is 36.2 Å². The van der Waals surface area contributed by atoms with Gasteiger partial charge in [0, 0.05) is 11.9 Å². The van der Waals surface area contributed by atoms with E-state index in [1.807, 2.05) is 36.4 Å². The maximum absolute atomic E-state index is 9.30. The zero-order valence-corrected chi connectivity index (χ0v) is 12.4. The number of anilines is 1. The second kappa shape index (κ2) is 5.61. The molecule has 0 aliphatic rings. The molecule has 23 heavy (non-hydrogen) atoms. The molecule has 0 unspecified atom stereocenters. The molecular formula is C18H15N3O2. The number of aromatic nitrogens is 2. The number of nitrogens with one attached hydrogen (secondary N) is 1. The Balaban J connectivity index is 1.58. The number of para-hydroxylation sites is 1. The summed E-state index contributed by atoms with van der Waals surface area (Å²) in [7, 11) is 0. The van der Waals surface area contributed by atoms with E-state index < -0.39 is 0 Å². The van der Waals surface area contributed by atoms with Crippen LogP contribution in [-0.4, -0.2) is 21.6 Å². The van der Waals surface area contributed by atoms with Gasteiger partial charge in [0.2, 0.25) is 0 Å². The summed E-state index contributed by atoms with van der Waals surface area (Å²) in [6.45, 7) is 0.716. The SMILES string of the molecule is Oc1ccc(CCNc2ncnc3c2oc2ccccc23)cc1. The molecule has 4 rings (SSSR count). The molecule has 0 bridgehead atoms. The van der Waals surface area contributed by atoms with Crippen LogP contribution in [0.25, 0.3) is 22.1 Å². The van der Waals surface area contributed by atoms with E-state index in [-0.39, 0.29) is 5.75 Å². The topological polar surface area (TPSA) is 71.2 Å². The van der Waals surface area contributed by atoms with E-state index in [9.17, 15) is 5.11 Å². The van der Waals surface area contributed by atoms with Crippen molar-refractivity contribution in [2.45, 2.75) is 6.42 Å². The molecule has 0 aliphatic carbocycles. The van der Waals surface area contributed by atoms with Gasteiger partial charge in [0.25, 0.3) is 0 Å². The third-order valence-electron chi connectivity index (χ3n) is 3.80. The molecule has 2 aromatic carbocycles. The first kappa shape index (κ1) is 13.6. The zero-order chi connectivity index (χ0) is 15.6. The van der Waals surface area contributed by atoms with Crippen LogP contribution in [-0.2, 0) is 6.42 Å². The maximum atomic E-state index is 9.30. The molecule has 2 aromatic heterocycles. The molecule has 5 heteroatoms. The predicted molar refractivity (Wildman–Crippen MR) is 89.6 cm³/mol. The van der Waals surface area contributed by atoms with Crippen LogP contribution >= 0.6 is 0 Å². The molecule has 0 aliphatic heterocycles. The summed E-state index contributed by atoms with van der Waals surface area (Å²) in [5.41, 5.74) is 3.46. The highest BCUT2D eigenvalue weighted by Gasteiger charge is 2.12. The van der Waals surface area contributed by atoms with Crippen molar-refractivity contribution in [1.82, 2.24) is 9.97 Å². The standard InChI is InChI=1S/C18H15N3O2/c22-13-7-5-12(6-8-13)9-10-19-18-17-16(20-11-21-18)14-3-1-2-4-15(14)23-17/h1-8,11,22H,9-10H2,(H,19,20,21). The number of hydrogen-bond acceptors (Lipinski definition) is 5. The van der Waals surface area contributed by atoms with E-state index in [1.165, 1.54) is 0 Å². The fraction of sp³-hybridized carbons (Fsp3) is 0.111. The summed E-state index contributed by atoms with van der Waals surface area (Å²) >= 11 is 0. The monoisotopic (exact) mass is 305 g/mol. The number of fused-ring (bicyclic) bond motifs is 3. The van der Waals surface area contributed by atoms with E-state index in [0.29, 0.717) is 17.9 Å². The van der Waals surface area contributed by atoms with Crippen molar-refractivity contribution in [3.8, 4) is 5.75 Å². The number of nitrogens with zero attached hydrogens (tertiary/aromatic N) is 2. The van der Waals surface area contributed by atoms with Gasteiger partial charge in [-0.2, -0.15) is 0 Å². The Hall–Kier alpha value is -3.08. The first-order valence-electron chi connectivity index (χ1n) is 7.45. The lowest BCUT2D eigenvalue weighted by molar-refractivity contribution is 0.475. The van der Waals surface area contributed by atoms with E-state index in [4.69, 9.17) is 4.42 Å². The lowest BCUT2D eigenvalue weighted by Crippen LogP contribution is -2.06. The zero-order valence-electron chi connectivity index (χ0n) is 12.4. The average Bonchev–Trinajstić information content (AvgIpc) is 2.96. The van der Waals surface area contributed by atoms with Crippen molar-refractivity contribution in [3.63, 3.8) is 0 Å². The summed E-state index contributed by atoms with van der Waals surface area (Å²) in [5.74, 6) is 0.978. The lowest BCUT2D eigenvalue weighted by Gasteiger charge is -2.05. The van der Waals surface area contributed by atoms with Crippen LogP contribution in [0.4, 0.5) is 5.82 Å². The molecule has 114 valence electrons. The van der Waals surface area contributed by atoms with Crippen molar-refractivity contribution in [2.75, 3.05) is 11.9 Å². The quantitative estimate of drug-likeness (QED) is 0.601. The van der Waals surface area contributed by atoms with E-state index in [1.54, 1.807) is 18.5 Å². The summed E-state index contributed by atoms with van der Waals surface area (Å²) < 4.78 is 5.88. The van der Waals surface area contributed by atoms with Gasteiger partial charge < -0.3 is 14.8 Å². The largest absolute Gasteiger partial charge is 0.508 e. The van der Waals surface area contributed by atoms with Crippen LogP contribution in [0, 0.1) is 0 Å². The minimum absolute atomic E-state index is 0.279. The van der Waals surface area contributed by atoms with E-state index >= 15 is 0 Å². The van der Waals surface area contributed by atoms with Crippen LogP contribution in [0.5, 0.6) is 5.75 Å². The summed E-state index contributed by atoms with van der Waals surface area (Å²) in [4.78, 5) is 8.62. The number of benzene rings is 2. The van der Waals surface area contributed by atoms with Crippen LogP contribution in [0.2, 0.25) is 0 Å². The molecular weight excluding hydrogens is 290 g/mol. The predicted octanol–water partition coefficient (Wildman–Crippen LogP) is 3.74. The Kier molecular flexibility index (Phi) is 3.31. The van der Waals surface area contributed by atoms with Gasteiger partial charge in [0.05, 0.1) is 0 Å². The van der Waals surface area contributed by atoms with Crippen LogP contribution in [0.1, 0.15) is 5.56 Å². The van der Waals surface area contributed by atoms with Crippen LogP contribution < -0.4 is 5.32 Å². The highest BCUT2D eigenvalue weighted by atomic mass is 16.3. The summed E-state index contributed by atoms with van der Waals surface area (Å²) in [5, 5.41) is 13.6. The van der Waals surface area contributed by atoms with Gasteiger partial charge >= 0.3 is 0 Å². The molecule has 0 fully saturated rings. The van der Waals surface area contributed by atoms with Crippen LogP contribution in [0.15, 0.2) is 59.3 Å². The van der Waals surface area contributed by atoms with E-state index in [0.717, 1.165) is 28.5 Å². The Morgan fingerprint density at radius 3 is 2.70 bits per heavy atom. The van der Waals surface area contributed by atoms with E-state index in [2.05, 4.69) is 15.3 Å². The molecule has 0 saturated carbocycles. The van der Waals surface area contributed by atoms with Gasteiger partial charge in [-0.1, -0.05) is 24.3 Å². The molecule has 2 heterocycles. The van der Waals surface area contributed by atoms with Gasteiger partial charge in [0.15, 0.2) is 11.4 Å². The second-order valence-corrected chi connectivity index (χ2v) is 5.34. The van der Waals surface area contributed by atoms with Gasteiger partial charge in [-0.15, -0.1) is 0 Å². The Morgan fingerprint density at radius 1 is 1.00 bits per heavy atom. The molecule has 2 N–H and O–H groups in total. The fourth-order valence-corrected chi connectivity index (χ4v) is 2.64. The van der Waals surface area contributed by atoms with Crippen molar-refractivity contribution < 1.29 is 9.52 Å². The minimum atomic E-state index is 0.279. The van der Waals surface area contributed by atoms with Crippen molar-refractivity contribution in [2.24, 2.45) is 0 Å². The number of phenolic OH excluding ortho intramolecular Hbond substituents is 1. The summed E-state index contributed by atoms with van der Waals surface area (Å²) in [6, 6.07) is 15.0. The van der Waals surface area contributed by atoms with Gasteiger partial charge in [-0.25, -0.2) is 9.97 Å². The average molecular weight is 305 g/mol. The minimum Gasteiger partial charge on any atom is -0.508 e.